The van der Waals surface area contributed by atoms with Crippen LogP contribution in [0.5, 0.6) is 0 Å². The molecule has 0 unspecified atom stereocenters. The van der Waals surface area contributed by atoms with Crippen LogP contribution in [-0.2, 0) is 4.79 Å². The smallest absolute Gasteiger partial charge is 0.273 e. The Kier molecular flexibility index (Phi) is 5.52. The van der Waals surface area contributed by atoms with Crippen molar-refractivity contribution in [2.45, 2.75) is 0 Å². The van der Waals surface area contributed by atoms with Crippen LogP contribution in [0.4, 0.5) is 22.1 Å². The molecule has 1 aliphatic rings. The number of hydrogen-bond donors (Lipinski definition) is 2. The molecule has 4 aromatic rings. The van der Waals surface area contributed by atoms with Gasteiger partial charge in [0.1, 0.15) is 10.7 Å². The fraction of sp³-hybridized carbons (Fsp3) is 0.0435. The van der Waals surface area contributed by atoms with Crippen molar-refractivity contribution in [3.05, 3.63) is 77.3 Å². The third-order valence-electron chi connectivity index (χ3n) is 4.86. The average molecular weight is 476 g/mol. The van der Waals surface area contributed by atoms with E-state index < -0.39 is 0 Å². The maximum absolute atomic E-state index is 11.8. The highest BCUT2D eigenvalue weighted by Crippen LogP contribution is 2.39. The zero-order chi connectivity index (χ0) is 22.1. The highest BCUT2D eigenvalue weighted by Gasteiger charge is 2.20. The zero-order valence-corrected chi connectivity index (χ0v) is 19.4. The molecule has 3 heterocycles. The van der Waals surface area contributed by atoms with Gasteiger partial charge in [-0.1, -0.05) is 18.2 Å². The summed E-state index contributed by atoms with van der Waals surface area (Å²) in [7, 11) is 2.04. The second kappa shape index (κ2) is 8.62. The normalized spacial score (nSPS) is 15.0. The van der Waals surface area contributed by atoms with Gasteiger partial charge >= 0.3 is 0 Å². The average Bonchev–Trinajstić information content (AvgIpc) is 3.45. The van der Waals surface area contributed by atoms with Gasteiger partial charge in [0.15, 0.2) is 5.11 Å². The van der Waals surface area contributed by atoms with E-state index in [9.17, 15) is 4.79 Å². The summed E-state index contributed by atoms with van der Waals surface area (Å²) in [6.07, 6.45) is 1.81. The van der Waals surface area contributed by atoms with Gasteiger partial charge in [0.2, 0.25) is 0 Å². The van der Waals surface area contributed by atoms with E-state index in [0.717, 1.165) is 36.3 Å². The lowest BCUT2D eigenvalue weighted by Gasteiger charge is -2.19. The number of fused-ring (bicyclic) bond motifs is 1. The quantitative estimate of drug-likeness (QED) is 0.197. The number of hydrogen-bond acceptors (Lipinski definition) is 7. The Labute approximate surface area is 197 Å². The largest absolute Gasteiger partial charge is 0.345 e. The first-order chi connectivity index (χ1) is 15.5. The monoisotopic (exact) mass is 475 g/mol. The molecule has 1 aliphatic heterocycles. The highest BCUT2D eigenvalue weighted by atomic mass is 32.1. The molecule has 0 spiro atoms. The number of benzene rings is 2. The van der Waals surface area contributed by atoms with Crippen molar-refractivity contribution in [1.29, 1.82) is 0 Å². The maximum atomic E-state index is 11.8. The summed E-state index contributed by atoms with van der Waals surface area (Å²) in [6, 6.07) is 22.3. The first-order valence-corrected chi connectivity index (χ1v) is 11.8. The van der Waals surface area contributed by atoms with Crippen LogP contribution in [0.2, 0.25) is 0 Å². The second-order valence-corrected chi connectivity index (χ2v) is 9.62. The molecule has 0 bridgehead atoms. The van der Waals surface area contributed by atoms with Gasteiger partial charge in [-0.3, -0.25) is 10.1 Å². The van der Waals surface area contributed by atoms with Crippen LogP contribution >= 0.6 is 34.9 Å². The van der Waals surface area contributed by atoms with Crippen LogP contribution in [0.25, 0.3) is 15.5 Å². The van der Waals surface area contributed by atoms with Crippen LogP contribution < -0.4 is 15.5 Å². The summed E-state index contributed by atoms with van der Waals surface area (Å²) < 4.78 is 2.22. The lowest BCUT2D eigenvalue weighted by molar-refractivity contribution is -0.115. The van der Waals surface area contributed by atoms with Crippen molar-refractivity contribution in [3.8, 4) is 0 Å². The van der Waals surface area contributed by atoms with Gasteiger partial charge in [-0.2, -0.15) is 0 Å². The Hall–Kier alpha value is -3.40. The fourth-order valence-corrected chi connectivity index (χ4v) is 5.61. The third kappa shape index (κ3) is 4.31. The Morgan fingerprint density at radius 1 is 0.906 bits per heavy atom. The molecule has 2 aromatic carbocycles. The number of carbonyl (C=O) groups is 1. The van der Waals surface area contributed by atoms with Gasteiger partial charge in [-0.05, 0) is 66.8 Å². The first kappa shape index (κ1) is 20.5. The Bertz CT molecular complexity index is 1340. The molecule has 0 atom stereocenters. The van der Waals surface area contributed by atoms with E-state index in [2.05, 4.69) is 37.9 Å². The molecule has 1 fully saturated rings. The van der Waals surface area contributed by atoms with Crippen LogP contribution in [0, 0.1) is 0 Å². The van der Waals surface area contributed by atoms with E-state index in [1.807, 2.05) is 61.6 Å². The number of nitrogens with one attached hydrogen (secondary N) is 2. The molecular formula is C23H17N5OS3. The van der Waals surface area contributed by atoms with Gasteiger partial charge in [0, 0.05) is 32.7 Å². The van der Waals surface area contributed by atoms with Crippen LogP contribution in [0.1, 0.15) is 4.88 Å². The topological polar surface area (TPSA) is 69.1 Å². The number of rotatable bonds is 5. The van der Waals surface area contributed by atoms with Crippen molar-refractivity contribution < 1.29 is 4.79 Å². The SMILES string of the molecule is CN(c1ccccc1)c1ccc(/N=N/c2cc3sc(/C=C4/NC(=S)NC4=O)cc3s2)cc1. The number of carbonyl (C=O) groups excluding carboxylic acids is 1. The van der Waals surface area contributed by atoms with E-state index in [1.165, 1.54) is 0 Å². The highest BCUT2D eigenvalue weighted by molar-refractivity contribution is 7.80. The lowest BCUT2D eigenvalue weighted by Crippen LogP contribution is -2.21. The van der Waals surface area contributed by atoms with E-state index >= 15 is 0 Å². The number of thiophene rings is 2. The van der Waals surface area contributed by atoms with Gasteiger partial charge in [0.25, 0.3) is 5.91 Å². The summed E-state index contributed by atoms with van der Waals surface area (Å²) in [5, 5.41) is 15.4. The van der Waals surface area contributed by atoms with E-state index in [-0.39, 0.29) is 5.91 Å². The van der Waals surface area contributed by atoms with Crippen LogP contribution in [-0.4, -0.2) is 18.1 Å². The number of anilines is 2. The Balaban J connectivity index is 1.29. The summed E-state index contributed by atoms with van der Waals surface area (Å²) in [6.45, 7) is 0. The van der Waals surface area contributed by atoms with Gasteiger partial charge < -0.3 is 10.2 Å². The second-order valence-electron chi connectivity index (χ2n) is 7.04. The van der Waals surface area contributed by atoms with Gasteiger partial charge in [-0.15, -0.1) is 32.9 Å². The summed E-state index contributed by atoms with van der Waals surface area (Å²) in [5.74, 6) is -0.206. The molecular weight excluding hydrogens is 458 g/mol. The maximum Gasteiger partial charge on any atom is 0.273 e. The summed E-state index contributed by atoms with van der Waals surface area (Å²) in [4.78, 5) is 14.9. The predicted octanol–water partition coefficient (Wildman–Crippen LogP) is 6.49. The number of thiocarbonyl (C=S) groups is 1. The molecule has 5 rings (SSSR count). The molecule has 1 saturated heterocycles. The zero-order valence-electron chi connectivity index (χ0n) is 16.9. The van der Waals surface area contributed by atoms with E-state index in [0.29, 0.717) is 10.8 Å². The Morgan fingerprint density at radius 3 is 2.31 bits per heavy atom. The first-order valence-electron chi connectivity index (χ1n) is 9.73. The van der Waals surface area contributed by atoms with Crippen molar-refractivity contribution >= 4 is 83.5 Å². The Morgan fingerprint density at radius 2 is 1.62 bits per heavy atom. The molecule has 6 nitrogen and oxygen atoms in total. The molecule has 32 heavy (non-hydrogen) atoms. The minimum absolute atomic E-state index is 0.206. The minimum Gasteiger partial charge on any atom is -0.345 e. The standard InChI is InChI=1S/C23H17N5OS3/c1-28(15-5-3-2-4-6-15)16-9-7-14(8-10-16)26-27-21-13-20-19(32-21)12-17(31-20)11-18-22(29)25-23(30)24-18/h2-13H,1H3,(H2,24,25,29,30)/b18-11+,27-26+. The van der Waals surface area contributed by atoms with Crippen molar-refractivity contribution in [1.82, 2.24) is 10.6 Å². The predicted molar refractivity (Wildman–Crippen MR) is 137 cm³/mol. The molecule has 158 valence electrons. The molecule has 9 heteroatoms. The van der Waals surface area contributed by atoms with Crippen molar-refractivity contribution in [2.24, 2.45) is 10.2 Å². The van der Waals surface area contributed by atoms with E-state index in [1.54, 1.807) is 28.7 Å². The number of azo groups is 1. The van der Waals surface area contributed by atoms with E-state index in [4.69, 9.17) is 12.2 Å². The van der Waals surface area contributed by atoms with Crippen molar-refractivity contribution in [3.63, 3.8) is 0 Å². The van der Waals surface area contributed by atoms with Crippen molar-refractivity contribution in [2.75, 3.05) is 11.9 Å². The van der Waals surface area contributed by atoms with Gasteiger partial charge in [0.05, 0.1) is 5.69 Å². The van der Waals surface area contributed by atoms with Crippen LogP contribution in [0.15, 0.2) is 82.7 Å². The molecule has 0 aliphatic carbocycles. The molecule has 1 amide bonds. The molecule has 0 radical (unpaired) electrons. The summed E-state index contributed by atoms with van der Waals surface area (Å²) >= 11 is 8.13. The van der Waals surface area contributed by atoms with Crippen LogP contribution in [0.3, 0.4) is 0 Å². The number of amides is 1. The number of para-hydroxylation sites is 1. The molecule has 2 N–H and O–H groups in total. The molecule has 2 aromatic heterocycles. The third-order valence-corrected chi connectivity index (χ3v) is 7.19. The molecule has 0 saturated carbocycles. The number of nitrogens with zero attached hydrogens (tertiary/aromatic N) is 3. The minimum atomic E-state index is -0.206. The summed E-state index contributed by atoms with van der Waals surface area (Å²) in [5.41, 5.74) is 3.47. The van der Waals surface area contributed by atoms with Gasteiger partial charge in [-0.25, -0.2) is 0 Å². The lowest BCUT2D eigenvalue weighted by atomic mass is 10.2. The fourth-order valence-electron chi connectivity index (χ4n) is 3.24.